The molecule has 0 spiro atoms. The van der Waals surface area contributed by atoms with Crippen LogP contribution in [0.15, 0.2) is 42.5 Å². The molecule has 128 valence electrons. The van der Waals surface area contributed by atoms with Gasteiger partial charge in [-0.05, 0) is 48.7 Å². The number of aryl methyl sites for hydroxylation is 1. The predicted octanol–water partition coefficient (Wildman–Crippen LogP) is 4.30. The van der Waals surface area contributed by atoms with E-state index < -0.39 is 0 Å². The lowest BCUT2D eigenvalue weighted by atomic mass is 10.0. The van der Waals surface area contributed by atoms with Gasteiger partial charge >= 0.3 is 0 Å². The highest BCUT2D eigenvalue weighted by Crippen LogP contribution is 2.24. The highest BCUT2D eigenvalue weighted by molar-refractivity contribution is 6.30. The topological polar surface area (TPSA) is 47.6 Å². The molecule has 0 radical (unpaired) electrons. The third kappa shape index (κ3) is 4.90. The van der Waals surface area contributed by atoms with Crippen molar-refractivity contribution in [2.45, 2.75) is 26.3 Å². The number of benzene rings is 2. The normalized spacial score (nSPS) is 11.7. The van der Waals surface area contributed by atoms with Gasteiger partial charge in [-0.3, -0.25) is 4.79 Å². The molecule has 1 amide bonds. The Morgan fingerprint density at radius 1 is 1.25 bits per heavy atom. The van der Waals surface area contributed by atoms with E-state index in [9.17, 15) is 4.79 Å². The molecule has 4 nitrogen and oxygen atoms in total. The average Bonchev–Trinajstić information content (AvgIpc) is 2.58. The van der Waals surface area contributed by atoms with Crippen molar-refractivity contribution < 1.29 is 14.3 Å². The molecule has 0 fully saturated rings. The first-order chi connectivity index (χ1) is 11.5. The number of ether oxygens (including phenoxy) is 2. The van der Waals surface area contributed by atoms with Crippen LogP contribution in [-0.4, -0.2) is 19.6 Å². The molecule has 0 aliphatic carbocycles. The monoisotopic (exact) mass is 347 g/mol. The number of methoxy groups -OCH3 is 1. The highest BCUT2D eigenvalue weighted by Gasteiger charge is 2.14. The number of carbonyl (C=O) groups is 1. The Hall–Kier alpha value is -2.20. The van der Waals surface area contributed by atoms with Gasteiger partial charge in [0.25, 0.3) is 5.91 Å². The van der Waals surface area contributed by atoms with E-state index in [1.54, 1.807) is 31.4 Å². The van der Waals surface area contributed by atoms with Crippen molar-refractivity contribution in [2.75, 3.05) is 13.7 Å². The van der Waals surface area contributed by atoms with Crippen LogP contribution in [0.1, 0.15) is 30.5 Å². The maximum atomic E-state index is 12.2. The summed E-state index contributed by atoms with van der Waals surface area (Å²) in [5.74, 6) is 1.24. The Morgan fingerprint density at radius 2 is 2.04 bits per heavy atom. The molecule has 2 rings (SSSR count). The van der Waals surface area contributed by atoms with Crippen molar-refractivity contribution in [2.24, 2.45) is 0 Å². The highest BCUT2D eigenvalue weighted by atomic mass is 35.5. The summed E-state index contributed by atoms with van der Waals surface area (Å²) in [6.07, 6.45) is 0.786. The van der Waals surface area contributed by atoms with Crippen molar-refractivity contribution >= 4 is 17.5 Å². The van der Waals surface area contributed by atoms with Crippen LogP contribution in [0.4, 0.5) is 0 Å². The Kier molecular flexibility index (Phi) is 6.50. The van der Waals surface area contributed by atoms with Gasteiger partial charge in [0.05, 0.1) is 13.2 Å². The summed E-state index contributed by atoms with van der Waals surface area (Å²) < 4.78 is 10.7. The molecule has 1 atom stereocenters. The van der Waals surface area contributed by atoms with E-state index in [0.717, 1.165) is 23.3 Å². The Balaban J connectivity index is 1.96. The van der Waals surface area contributed by atoms with E-state index >= 15 is 0 Å². The molecule has 0 heterocycles. The van der Waals surface area contributed by atoms with Crippen molar-refractivity contribution in [1.29, 1.82) is 0 Å². The first kappa shape index (κ1) is 18.1. The molecule has 0 aliphatic heterocycles. The van der Waals surface area contributed by atoms with E-state index in [0.29, 0.717) is 10.8 Å². The number of nitrogens with one attached hydrogen (secondary N) is 1. The average molecular weight is 348 g/mol. The Morgan fingerprint density at radius 3 is 2.67 bits per heavy atom. The minimum absolute atomic E-state index is 0.0496. The lowest BCUT2D eigenvalue weighted by molar-refractivity contribution is -0.123. The molecule has 5 heteroatoms. The van der Waals surface area contributed by atoms with Crippen LogP contribution in [0.2, 0.25) is 5.02 Å². The molecule has 0 aliphatic rings. The molecule has 2 aromatic rings. The van der Waals surface area contributed by atoms with Gasteiger partial charge in [0.2, 0.25) is 0 Å². The minimum Gasteiger partial charge on any atom is -0.496 e. The fourth-order valence-corrected chi connectivity index (χ4v) is 2.66. The van der Waals surface area contributed by atoms with Gasteiger partial charge in [0, 0.05) is 5.02 Å². The number of rotatable bonds is 7. The zero-order chi connectivity index (χ0) is 17.5. The van der Waals surface area contributed by atoms with Gasteiger partial charge in [-0.2, -0.15) is 0 Å². The molecule has 0 saturated carbocycles. The molecule has 0 bridgehead atoms. The molecule has 0 saturated heterocycles. The van der Waals surface area contributed by atoms with E-state index in [4.69, 9.17) is 21.1 Å². The van der Waals surface area contributed by atoms with Crippen LogP contribution in [0.5, 0.6) is 11.5 Å². The minimum atomic E-state index is -0.171. The fourth-order valence-electron chi connectivity index (χ4n) is 2.48. The van der Waals surface area contributed by atoms with Gasteiger partial charge in [0.15, 0.2) is 6.61 Å². The van der Waals surface area contributed by atoms with Gasteiger partial charge < -0.3 is 14.8 Å². The largest absolute Gasteiger partial charge is 0.496 e. The smallest absolute Gasteiger partial charge is 0.258 e. The maximum absolute atomic E-state index is 12.2. The number of halogens is 1. The van der Waals surface area contributed by atoms with Crippen molar-refractivity contribution in [3.63, 3.8) is 0 Å². The Labute approximate surface area is 147 Å². The molecule has 24 heavy (non-hydrogen) atoms. The summed E-state index contributed by atoms with van der Waals surface area (Å²) in [5.41, 5.74) is 2.09. The summed E-state index contributed by atoms with van der Waals surface area (Å²) >= 11 is 5.90. The summed E-state index contributed by atoms with van der Waals surface area (Å²) in [6.45, 7) is 3.97. The third-order valence-corrected chi connectivity index (χ3v) is 3.97. The van der Waals surface area contributed by atoms with E-state index in [1.807, 2.05) is 32.0 Å². The molecule has 0 aromatic heterocycles. The van der Waals surface area contributed by atoms with Crippen LogP contribution in [0, 0.1) is 6.92 Å². The van der Waals surface area contributed by atoms with Gasteiger partial charge in [-0.1, -0.05) is 36.7 Å². The number of amides is 1. The lowest BCUT2D eigenvalue weighted by Crippen LogP contribution is -2.32. The number of hydrogen-bond donors (Lipinski definition) is 1. The second-order valence-electron chi connectivity index (χ2n) is 5.50. The van der Waals surface area contributed by atoms with Gasteiger partial charge in [-0.15, -0.1) is 0 Å². The maximum Gasteiger partial charge on any atom is 0.258 e. The van der Waals surface area contributed by atoms with Crippen LogP contribution >= 0.6 is 11.6 Å². The summed E-state index contributed by atoms with van der Waals surface area (Å²) in [5, 5.41) is 3.57. The van der Waals surface area contributed by atoms with Gasteiger partial charge in [-0.25, -0.2) is 0 Å². The van der Waals surface area contributed by atoms with Crippen LogP contribution in [0.25, 0.3) is 0 Å². The van der Waals surface area contributed by atoms with Crippen LogP contribution < -0.4 is 14.8 Å². The van der Waals surface area contributed by atoms with E-state index in [-0.39, 0.29) is 18.6 Å². The molecule has 1 unspecified atom stereocenters. The molecular weight excluding hydrogens is 326 g/mol. The van der Waals surface area contributed by atoms with E-state index in [1.165, 1.54) is 0 Å². The van der Waals surface area contributed by atoms with Gasteiger partial charge in [0.1, 0.15) is 11.5 Å². The van der Waals surface area contributed by atoms with Crippen molar-refractivity contribution in [3.8, 4) is 11.5 Å². The molecule has 2 aromatic carbocycles. The first-order valence-corrected chi connectivity index (χ1v) is 8.23. The zero-order valence-electron chi connectivity index (χ0n) is 14.1. The zero-order valence-corrected chi connectivity index (χ0v) is 14.9. The van der Waals surface area contributed by atoms with Crippen LogP contribution in [-0.2, 0) is 4.79 Å². The molecular formula is C19H22ClNO3. The SMILES string of the molecule is CCC(NC(=O)COc1cccc(Cl)c1)c1ccc(OC)c(C)c1. The van der Waals surface area contributed by atoms with Crippen molar-refractivity contribution in [3.05, 3.63) is 58.6 Å². The Bertz CT molecular complexity index is 703. The predicted molar refractivity (Wildman–Crippen MR) is 95.9 cm³/mol. The lowest BCUT2D eigenvalue weighted by Gasteiger charge is -2.19. The second kappa shape index (κ2) is 8.60. The summed E-state index contributed by atoms with van der Waals surface area (Å²) in [6, 6.07) is 12.8. The number of hydrogen-bond acceptors (Lipinski definition) is 3. The fraction of sp³-hybridized carbons (Fsp3) is 0.316. The standard InChI is InChI=1S/C19H22ClNO3/c1-4-17(14-8-9-18(23-3)13(2)10-14)21-19(22)12-24-16-7-5-6-15(20)11-16/h5-11,17H,4,12H2,1-3H3,(H,21,22). The third-order valence-electron chi connectivity index (χ3n) is 3.73. The van der Waals surface area contributed by atoms with E-state index in [2.05, 4.69) is 5.32 Å². The quantitative estimate of drug-likeness (QED) is 0.812. The van der Waals surface area contributed by atoms with Crippen LogP contribution in [0.3, 0.4) is 0 Å². The molecule has 1 N–H and O–H groups in total. The van der Waals surface area contributed by atoms with Crippen molar-refractivity contribution in [1.82, 2.24) is 5.32 Å². The summed E-state index contributed by atoms with van der Waals surface area (Å²) in [4.78, 5) is 12.2. The number of carbonyl (C=O) groups excluding carboxylic acids is 1. The summed E-state index contributed by atoms with van der Waals surface area (Å²) in [7, 11) is 1.65. The first-order valence-electron chi connectivity index (χ1n) is 7.85. The second-order valence-corrected chi connectivity index (χ2v) is 5.94.